The largest absolute Gasteiger partial charge is 0.492 e. The molecule has 0 aliphatic heterocycles. The molecule has 9 heteroatoms. The monoisotopic (exact) mass is 517 g/mol. The van der Waals surface area contributed by atoms with Gasteiger partial charge in [0, 0.05) is 25.0 Å². The van der Waals surface area contributed by atoms with E-state index in [2.05, 4.69) is 5.32 Å². The normalized spacial score (nSPS) is 12.5. The number of ether oxygens (including phenoxy) is 1. The molecular weight excluding hydrogens is 478 g/mol. The van der Waals surface area contributed by atoms with Gasteiger partial charge in [-0.3, -0.25) is 13.9 Å². The molecule has 2 aromatic carbocycles. The van der Waals surface area contributed by atoms with E-state index in [1.807, 2.05) is 58.0 Å². The third-order valence-corrected chi connectivity index (χ3v) is 6.63. The van der Waals surface area contributed by atoms with Crippen molar-refractivity contribution in [3.05, 3.63) is 60.2 Å². The van der Waals surface area contributed by atoms with E-state index in [0.717, 1.165) is 11.8 Å². The number of carbonyl (C=O) groups is 2. The van der Waals surface area contributed by atoms with Crippen LogP contribution in [0, 0.1) is 0 Å². The van der Waals surface area contributed by atoms with E-state index in [0.29, 0.717) is 18.0 Å². The van der Waals surface area contributed by atoms with E-state index in [-0.39, 0.29) is 37.7 Å². The van der Waals surface area contributed by atoms with Crippen LogP contribution >= 0.6 is 0 Å². The number of nitrogens with one attached hydrogen (secondary N) is 1. The molecule has 0 heterocycles. The Balaban J connectivity index is 2.20. The van der Waals surface area contributed by atoms with E-state index in [1.165, 1.54) is 4.31 Å². The summed E-state index contributed by atoms with van der Waals surface area (Å²) < 4.78 is 32.1. The van der Waals surface area contributed by atoms with Crippen molar-refractivity contribution >= 4 is 27.5 Å². The molecule has 2 amide bonds. The predicted molar refractivity (Wildman–Crippen MR) is 143 cm³/mol. The number of carbonyl (C=O) groups excluding carboxylic acids is 2. The van der Waals surface area contributed by atoms with Gasteiger partial charge in [0.25, 0.3) is 0 Å². The van der Waals surface area contributed by atoms with Crippen LogP contribution in [-0.2, 0) is 26.2 Å². The van der Waals surface area contributed by atoms with E-state index in [9.17, 15) is 18.0 Å². The highest BCUT2D eigenvalue weighted by molar-refractivity contribution is 7.92. The van der Waals surface area contributed by atoms with Crippen molar-refractivity contribution in [2.24, 2.45) is 0 Å². The van der Waals surface area contributed by atoms with Crippen LogP contribution in [0.15, 0.2) is 54.6 Å². The summed E-state index contributed by atoms with van der Waals surface area (Å²) in [6, 6.07) is 15.7. The van der Waals surface area contributed by atoms with Gasteiger partial charge in [0.2, 0.25) is 21.8 Å². The minimum atomic E-state index is -3.61. The molecule has 36 heavy (non-hydrogen) atoms. The Labute approximate surface area is 215 Å². The van der Waals surface area contributed by atoms with Crippen molar-refractivity contribution in [1.82, 2.24) is 10.2 Å². The molecule has 2 rings (SSSR count). The molecule has 0 saturated heterocycles. The lowest BCUT2D eigenvalue weighted by molar-refractivity contribution is -0.141. The second kappa shape index (κ2) is 12.8. The van der Waals surface area contributed by atoms with Crippen LogP contribution in [0.1, 0.15) is 53.0 Å². The fraction of sp³-hybridized carbons (Fsp3) is 0.481. The average molecular weight is 518 g/mol. The lowest BCUT2D eigenvalue weighted by atomic mass is 10.1. The maximum Gasteiger partial charge on any atom is 0.242 e. The summed E-state index contributed by atoms with van der Waals surface area (Å²) in [7, 11) is -3.61. The van der Waals surface area contributed by atoms with Gasteiger partial charge in [-0.1, -0.05) is 42.5 Å². The molecule has 0 fully saturated rings. The molecule has 8 nitrogen and oxygen atoms in total. The minimum Gasteiger partial charge on any atom is -0.492 e. The summed E-state index contributed by atoms with van der Waals surface area (Å²) in [5.74, 6) is 0.00655. The van der Waals surface area contributed by atoms with Gasteiger partial charge in [-0.25, -0.2) is 8.42 Å². The minimum absolute atomic E-state index is 0.0861. The Morgan fingerprint density at radius 2 is 1.64 bits per heavy atom. The molecule has 0 aliphatic rings. The van der Waals surface area contributed by atoms with E-state index < -0.39 is 21.6 Å². The molecule has 0 radical (unpaired) electrons. The molecule has 1 unspecified atom stereocenters. The Morgan fingerprint density at radius 1 is 1.03 bits per heavy atom. The second-order valence-electron chi connectivity index (χ2n) is 9.76. The summed E-state index contributed by atoms with van der Waals surface area (Å²) in [5.41, 5.74) is 0.912. The van der Waals surface area contributed by atoms with Crippen LogP contribution in [0.5, 0.6) is 5.75 Å². The van der Waals surface area contributed by atoms with Crippen molar-refractivity contribution < 1.29 is 22.7 Å². The summed E-state index contributed by atoms with van der Waals surface area (Å²) in [5, 5.41) is 2.94. The van der Waals surface area contributed by atoms with E-state index >= 15 is 0 Å². The molecular formula is C27H39N3O5S. The first kappa shape index (κ1) is 29.2. The summed E-state index contributed by atoms with van der Waals surface area (Å²) >= 11 is 0. The number of anilines is 1. The van der Waals surface area contributed by atoms with Crippen molar-refractivity contribution in [2.45, 2.75) is 65.6 Å². The fourth-order valence-electron chi connectivity index (χ4n) is 3.76. The maximum absolute atomic E-state index is 13.3. The van der Waals surface area contributed by atoms with Crippen molar-refractivity contribution in [3.8, 4) is 5.75 Å². The van der Waals surface area contributed by atoms with Crippen LogP contribution < -0.4 is 14.4 Å². The molecule has 0 spiro atoms. The Morgan fingerprint density at radius 3 is 2.22 bits per heavy atom. The van der Waals surface area contributed by atoms with Crippen LogP contribution in [-0.4, -0.2) is 56.1 Å². The Bertz CT molecular complexity index is 1110. The van der Waals surface area contributed by atoms with Crippen molar-refractivity contribution in [1.29, 1.82) is 0 Å². The van der Waals surface area contributed by atoms with Gasteiger partial charge in [0.05, 0.1) is 18.6 Å². The zero-order valence-electron chi connectivity index (χ0n) is 22.2. The summed E-state index contributed by atoms with van der Waals surface area (Å²) in [6.45, 7) is 10.00. The average Bonchev–Trinajstić information content (AvgIpc) is 2.79. The summed E-state index contributed by atoms with van der Waals surface area (Å²) in [6.07, 6.45) is 1.51. The molecule has 0 bridgehead atoms. The zero-order chi connectivity index (χ0) is 26.9. The highest BCUT2D eigenvalue weighted by Gasteiger charge is 2.29. The number of hydrogen-bond donors (Lipinski definition) is 1. The van der Waals surface area contributed by atoms with Gasteiger partial charge in [0.1, 0.15) is 11.8 Å². The number of benzene rings is 2. The number of para-hydroxylation sites is 2. The smallest absolute Gasteiger partial charge is 0.242 e. The first-order valence-corrected chi connectivity index (χ1v) is 14.0. The molecule has 1 atom stereocenters. The van der Waals surface area contributed by atoms with Crippen LogP contribution in [0.3, 0.4) is 0 Å². The van der Waals surface area contributed by atoms with Crippen molar-refractivity contribution in [2.75, 3.05) is 23.7 Å². The highest BCUT2D eigenvalue weighted by atomic mass is 32.2. The van der Waals surface area contributed by atoms with Gasteiger partial charge in [-0.05, 0) is 58.7 Å². The highest BCUT2D eigenvalue weighted by Crippen LogP contribution is 2.30. The third kappa shape index (κ3) is 8.86. The fourth-order valence-corrected chi connectivity index (χ4v) is 4.73. The number of hydrogen-bond acceptors (Lipinski definition) is 5. The van der Waals surface area contributed by atoms with Gasteiger partial charge in [0.15, 0.2) is 0 Å². The Kier molecular flexibility index (Phi) is 10.3. The molecule has 0 aromatic heterocycles. The quantitative estimate of drug-likeness (QED) is 0.460. The number of nitrogens with zero attached hydrogens (tertiary/aromatic N) is 2. The predicted octanol–water partition coefficient (Wildman–Crippen LogP) is 3.96. The SMILES string of the molecule is CCOc1ccccc1N(CCCC(=O)N(Cc1ccccc1)C(C)C(=O)NC(C)(C)C)S(C)(=O)=O. The van der Waals surface area contributed by atoms with Gasteiger partial charge in [-0.2, -0.15) is 0 Å². The topological polar surface area (TPSA) is 96.0 Å². The zero-order valence-corrected chi connectivity index (χ0v) is 23.0. The number of rotatable bonds is 12. The van der Waals surface area contributed by atoms with Crippen LogP contribution in [0.4, 0.5) is 5.69 Å². The molecule has 198 valence electrons. The first-order valence-electron chi connectivity index (χ1n) is 12.2. The maximum atomic E-state index is 13.3. The van der Waals surface area contributed by atoms with Gasteiger partial charge in [-0.15, -0.1) is 0 Å². The molecule has 0 aliphatic carbocycles. The lowest BCUT2D eigenvalue weighted by Gasteiger charge is -2.32. The standard InChI is InChI=1S/C27H39N3O5S/c1-7-35-24-17-12-11-16-23(24)30(36(6,33)34)19-13-18-25(31)29(20-22-14-9-8-10-15-22)21(2)26(32)28-27(3,4)5/h8-12,14-17,21H,7,13,18-20H2,1-6H3,(H,28,32). The Hall–Kier alpha value is -3.07. The van der Waals surface area contributed by atoms with Gasteiger partial charge < -0.3 is 15.0 Å². The van der Waals surface area contributed by atoms with Crippen LogP contribution in [0.2, 0.25) is 0 Å². The van der Waals surface area contributed by atoms with E-state index in [4.69, 9.17) is 4.74 Å². The first-order chi connectivity index (χ1) is 16.8. The third-order valence-electron chi connectivity index (χ3n) is 5.45. The van der Waals surface area contributed by atoms with Crippen molar-refractivity contribution in [3.63, 3.8) is 0 Å². The number of amides is 2. The van der Waals surface area contributed by atoms with Crippen LogP contribution in [0.25, 0.3) is 0 Å². The molecule has 1 N–H and O–H groups in total. The lowest BCUT2D eigenvalue weighted by Crippen LogP contribution is -2.52. The number of sulfonamides is 1. The molecule has 2 aromatic rings. The van der Waals surface area contributed by atoms with E-state index in [1.54, 1.807) is 36.1 Å². The second-order valence-corrected chi connectivity index (χ2v) is 11.7. The van der Waals surface area contributed by atoms with Gasteiger partial charge >= 0.3 is 0 Å². The summed E-state index contributed by atoms with van der Waals surface area (Å²) in [4.78, 5) is 27.8. The molecule has 0 saturated carbocycles.